The van der Waals surface area contributed by atoms with Crippen molar-refractivity contribution in [2.75, 3.05) is 0 Å². The highest BCUT2D eigenvalue weighted by Crippen LogP contribution is 2.49. The fourth-order valence-corrected chi connectivity index (χ4v) is 3.57. The molecular weight excluding hydrogens is 392 g/mol. The minimum Gasteiger partial charge on any atom is -0.481 e. The van der Waals surface area contributed by atoms with E-state index in [2.05, 4.69) is 10.3 Å². The van der Waals surface area contributed by atoms with Gasteiger partial charge in [-0.15, -0.1) is 0 Å². The van der Waals surface area contributed by atoms with Gasteiger partial charge in [0, 0.05) is 17.5 Å². The van der Waals surface area contributed by atoms with Gasteiger partial charge in [-0.3, -0.25) is 9.59 Å². The first kappa shape index (κ1) is 22.0. The van der Waals surface area contributed by atoms with E-state index >= 15 is 0 Å². The van der Waals surface area contributed by atoms with Crippen LogP contribution in [0, 0.1) is 11.3 Å². The van der Waals surface area contributed by atoms with E-state index < -0.39 is 29.4 Å². The summed E-state index contributed by atoms with van der Waals surface area (Å²) >= 11 is 0. The van der Waals surface area contributed by atoms with Crippen LogP contribution in [0.15, 0.2) is 15.1 Å². The molecule has 3 rings (SSSR count). The van der Waals surface area contributed by atoms with Gasteiger partial charge in [0.2, 0.25) is 0 Å². The largest absolute Gasteiger partial charge is 0.481 e. The lowest BCUT2D eigenvalue weighted by Gasteiger charge is -2.22. The van der Waals surface area contributed by atoms with E-state index in [-0.39, 0.29) is 18.3 Å². The Kier molecular flexibility index (Phi) is 6.03. The van der Waals surface area contributed by atoms with Crippen LogP contribution in [0.5, 0.6) is 0 Å². The molecule has 2 heterocycles. The summed E-state index contributed by atoms with van der Waals surface area (Å²) in [7, 11) is 0. The summed E-state index contributed by atoms with van der Waals surface area (Å²) in [6, 6.07) is 1.63. The maximum absolute atomic E-state index is 11.4. The molecule has 0 amide bonds. The summed E-state index contributed by atoms with van der Waals surface area (Å²) in [5, 5.41) is 37.2. The monoisotopic (exact) mass is 420 g/mol. The second-order valence-corrected chi connectivity index (χ2v) is 9.04. The quantitative estimate of drug-likeness (QED) is 0.513. The lowest BCUT2D eigenvalue weighted by Crippen LogP contribution is -2.25. The summed E-state index contributed by atoms with van der Waals surface area (Å²) in [6.07, 6.45) is 1.48. The Bertz CT molecular complexity index is 906. The zero-order valence-electron chi connectivity index (χ0n) is 17.6. The van der Waals surface area contributed by atoms with Crippen molar-refractivity contribution in [1.82, 2.24) is 10.3 Å². The van der Waals surface area contributed by atoms with E-state index in [0.717, 1.165) is 18.4 Å². The highest BCUT2D eigenvalue weighted by Gasteiger charge is 2.39. The van der Waals surface area contributed by atoms with Gasteiger partial charge in [-0.05, 0) is 37.0 Å². The average Bonchev–Trinajstić information content (AvgIpc) is 3.21. The highest BCUT2D eigenvalue weighted by atomic mass is 16.5. The molecule has 1 aliphatic carbocycles. The third kappa shape index (κ3) is 4.40. The van der Waals surface area contributed by atoms with Crippen LogP contribution in [0.1, 0.15) is 88.3 Å². The van der Waals surface area contributed by atoms with Gasteiger partial charge in [0.15, 0.2) is 23.1 Å². The first-order valence-corrected chi connectivity index (χ1v) is 10.1. The van der Waals surface area contributed by atoms with Crippen LogP contribution in [0.2, 0.25) is 0 Å². The van der Waals surface area contributed by atoms with Gasteiger partial charge in [0.1, 0.15) is 6.10 Å². The third-order valence-corrected chi connectivity index (χ3v) is 5.59. The molecule has 2 atom stereocenters. The van der Waals surface area contributed by atoms with Crippen molar-refractivity contribution in [3.8, 4) is 11.5 Å². The first-order chi connectivity index (χ1) is 14.0. The number of carbonyl (C=O) groups is 2. The van der Waals surface area contributed by atoms with Crippen molar-refractivity contribution in [3.05, 3.63) is 23.1 Å². The maximum Gasteiger partial charge on any atom is 0.317 e. The van der Waals surface area contributed by atoms with E-state index in [9.17, 15) is 24.9 Å². The summed E-state index contributed by atoms with van der Waals surface area (Å²) in [4.78, 5) is 22.7. The molecule has 2 aromatic heterocycles. The predicted molar refractivity (Wildman–Crippen MR) is 105 cm³/mol. The normalized spacial score (nSPS) is 16.6. The third-order valence-electron chi connectivity index (χ3n) is 5.59. The first-order valence-electron chi connectivity index (χ1n) is 10.1. The standard InChI is InChI=1S/C21H28N2O7/c1-5-10(8-12(19(25)26)20(27)28)16-15(11-6-7-11)17(30-23-16)13-9-14(29-22-13)18(24)21(2,3)4/h9-12,18,24H,5-8H2,1-4H3,(H,25,26)(H,27,28)/t10-,18?/m1/s1. The molecule has 30 heavy (non-hydrogen) atoms. The van der Waals surface area contributed by atoms with Crippen LogP contribution in [0.25, 0.3) is 11.5 Å². The van der Waals surface area contributed by atoms with Crippen molar-refractivity contribution < 1.29 is 34.0 Å². The number of hydrogen-bond donors (Lipinski definition) is 3. The van der Waals surface area contributed by atoms with Gasteiger partial charge in [0.05, 0.1) is 5.69 Å². The Balaban J connectivity index is 1.95. The van der Waals surface area contributed by atoms with Crippen molar-refractivity contribution in [2.45, 2.75) is 71.3 Å². The van der Waals surface area contributed by atoms with Crippen molar-refractivity contribution in [2.24, 2.45) is 11.3 Å². The Morgan fingerprint density at radius 1 is 1.17 bits per heavy atom. The van der Waals surface area contributed by atoms with Gasteiger partial charge in [0.25, 0.3) is 0 Å². The molecule has 9 nitrogen and oxygen atoms in total. The number of carboxylic acids is 2. The topological polar surface area (TPSA) is 147 Å². The number of aliphatic hydroxyl groups is 1. The number of hydrogen-bond acceptors (Lipinski definition) is 7. The van der Waals surface area contributed by atoms with Gasteiger partial charge >= 0.3 is 11.9 Å². The molecule has 9 heteroatoms. The number of aliphatic hydroxyl groups excluding tert-OH is 1. The van der Waals surface area contributed by atoms with Gasteiger partial charge in [-0.25, -0.2) is 0 Å². The fraction of sp³-hybridized carbons (Fsp3) is 0.619. The second-order valence-electron chi connectivity index (χ2n) is 9.04. The molecule has 0 bridgehead atoms. The minimum absolute atomic E-state index is 0.0698. The minimum atomic E-state index is -1.51. The number of aliphatic carboxylic acids is 2. The van der Waals surface area contributed by atoms with Crippen LogP contribution in [0.3, 0.4) is 0 Å². The Morgan fingerprint density at radius 3 is 2.30 bits per heavy atom. The number of nitrogens with zero attached hydrogens (tertiary/aromatic N) is 2. The summed E-state index contributed by atoms with van der Waals surface area (Å²) < 4.78 is 10.9. The van der Waals surface area contributed by atoms with E-state index in [1.165, 1.54) is 0 Å². The summed E-state index contributed by atoms with van der Waals surface area (Å²) in [5.41, 5.74) is 1.40. The Hall–Kier alpha value is -2.68. The van der Waals surface area contributed by atoms with Crippen molar-refractivity contribution >= 4 is 11.9 Å². The number of aromatic nitrogens is 2. The van der Waals surface area contributed by atoms with Crippen LogP contribution < -0.4 is 0 Å². The molecule has 0 spiro atoms. The molecule has 0 aromatic carbocycles. The van der Waals surface area contributed by atoms with Crippen molar-refractivity contribution in [1.29, 1.82) is 0 Å². The zero-order chi connectivity index (χ0) is 22.2. The zero-order valence-corrected chi connectivity index (χ0v) is 17.6. The SMILES string of the molecule is CC[C@H](CC(C(=O)O)C(=O)O)c1noc(-c2cc(C(O)C(C)(C)C)on2)c1C1CC1. The molecule has 1 aliphatic rings. The molecule has 2 aromatic rings. The number of rotatable bonds is 9. The Labute approximate surface area is 174 Å². The molecule has 3 N–H and O–H groups in total. The molecule has 0 saturated heterocycles. The van der Waals surface area contributed by atoms with Crippen molar-refractivity contribution in [3.63, 3.8) is 0 Å². The summed E-state index contributed by atoms with van der Waals surface area (Å²) in [6.45, 7) is 7.52. The molecule has 1 saturated carbocycles. The lowest BCUT2D eigenvalue weighted by molar-refractivity contribution is -0.155. The molecule has 0 aliphatic heterocycles. The van der Waals surface area contributed by atoms with Gasteiger partial charge in [-0.2, -0.15) is 0 Å². The van der Waals surface area contributed by atoms with E-state index in [0.29, 0.717) is 29.3 Å². The van der Waals surface area contributed by atoms with Crippen LogP contribution in [-0.2, 0) is 9.59 Å². The second kappa shape index (κ2) is 8.22. The molecule has 0 radical (unpaired) electrons. The average molecular weight is 420 g/mol. The molecule has 1 fully saturated rings. The smallest absolute Gasteiger partial charge is 0.317 e. The van der Waals surface area contributed by atoms with Gasteiger partial charge in [-0.1, -0.05) is 38.0 Å². The fourth-order valence-electron chi connectivity index (χ4n) is 3.57. The Morgan fingerprint density at radius 2 is 1.80 bits per heavy atom. The highest BCUT2D eigenvalue weighted by molar-refractivity contribution is 5.92. The number of carboxylic acid groups (broad SMARTS) is 2. The lowest BCUT2D eigenvalue weighted by atomic mass is 9.86. The molecule has 164 valence electrons. The van der Waals surface area contributed by atoms with E-state index in [4.69, 9.17) is 9.05 Å². The van der Waals surface area contributed by atoms with Gasteiger partial charge < -0.3 is 24.4 Å². The van der Waals surface area contributed by atoms with Crippen LogP contribution in [0.4, 0.5) is 0 Å². The van der Waals surface area contributed by atoms with E-state index in [1.54, 1.807) is 6.07 Å². The van der Waals surface area contributed by atoms with Crippen LogP contribution in [-0.4, -0.2) is 37.6 Å². The molecule has 1 unspecified atom stereocenters. The molecular formula is C21H28N2O7. The predicted octanol–water partition coefficient (Wildman–Crippen LogP) is 3.96. The van der Waals surface area contributed by atoms with E-state index in [1.807, 2.05) is 27.7 Å². The maximum atomic E-state index is 11.4. The summed E-state index contributed by atoms with van der Waals surface area (Å²) in [5.74, 6) is -3.66. The van der Waals surface area contributed by atoms with Crippen LogP contribution >= 0.6 is 0 Å².